The van der Waals surface area contributed by atoms with Crippen LogP contribution in [0.1, 0.15) is 11.1 Å². The van der Waals surface area contributed by atoms with Gasteiger partial charge in [-0.2, -0.15) is 0 Å². The van der Waals surface area contributed by atoms with Gasteiger partial charge in [-0.3, -0.25) is 0 Å². The second kappa shape index (κ2) is 6.15. The zero-order chi connectivity index (χ0) is 13.9. The van der Waals surface area contributed by atoms with E-state index in [0.29, 0.717) is 21.2 Å². The smallest absolute Gasteiger partial charge is 0.179 e. The molecule has 0 aromatic heterocycles. The van der Waals surface area contributed by atoms with Crippen LogP contribution < -0.4 is 0 Å². The predicted octanol–water partition coefficient (Wildman–Crippen LogP) is 4.63. The van der Waals surface area contributed by atoms with Crippen LogP contribution in [0.4, 0.5) is 0 Å². The Morgan fingerprint density at radius 3 is 2.21 bits per heavy atom. The molecule has 1 atom stereocenters. The first kappa shape index (κ1) is 14.7. The molecule has 0 aliphatic heterocycles. The summed E-state index contributed by atoms with van der Waals surface area (Å²) in [6.07, 6.45) is 0. The van der Waals surface area contributed by atoms with Gasteiger partial charge in [0.2, 0.25) is 0 Å². The SMILES string of the molecule is OC(C#CI)(c1ccc(Cl)cc1)c1ccccc1Cl. The molecule has 0 amide bonds. The van der Waals surface area contributed by atoms with Crippen LogP contribution in [0.25, 0.3) is 0 Å². The fourth-order valence-electron chi connectivity index (χ4n) is 1.81. The van der Waals surface area contributed by atoms with Crippen molar-refractivity contribution in [2.24, 2.45) is 0 Å². The van der Waals surface area contributed by atoms with Crippen LogP contribution in [0.15, 0.2) is 48.5 Å². The van der Waals surface area contributed by atoms with Gasteiger partial charge in [0.15, 0.2) is 5.60 Å². The highest BCUT2D eigenvalue weighted by atomic mass is 127. The Kier molecular flexibility index (Phi) is 4.75. The molecule has 0 fully saturated rings. The highest BCUT2D eigenvalue weighted by molar-refractivity contribution is 14.1. The fraction of sp³-hybridized carbons (Fsp3) is 0.0667. The van der Waals surface area contributed by atoms with E-state index in [1.807, 2.05) is 34.7 Å². The Bertz CT molecular complexity index is 643. The van der Waals surface area contributed by atoms with E-state index in [1.165, 1.54) is 0 Å². The summed E-state index contributed by atoms with van der Waals surface area (Å²) in [4.78, 5) is 0. The van der Waals surface area contributed by atoms with Crippen molar-refractivity contribution in [2.45, 2.75) is 5.60 Å². The van der Waals surface area contributed by atoms with Gasteiger partial charge in [-0.1, -0.05) is 53.5 Å². The van der Waals surface area contributed by atoms with Crippen molar-refractivity contribution in [2.75, 3.05) is 0 Å². The van der Waals surface area contributed by atoms with Gasteiger partial charge < -0.3 is 5.11 Å². The molecule has 1 nitrogen and oxygen atoms in total. The van der Waals surface area contributed by atoms with Gasteiger partial charge in [0.1, 0.15) is 0 Å². The van der Waals surface area contributed by atoms with Crippen LogP contribution in [-0.2, 0) is 5.60 Å². The first-order chi connectivity index (χ1) is 9.08. The van der Waals surface area contributed by atoms with Crippen molar-refractivity contribution in [3.8, 4) is 9.85 Å². The average molecular weight is 403 g/mol. The molecule has 0 bridgehead atoms. The van der Waals surface area contributed by atoms with Crippen molar-refractivity contribution in [1.82, 2.24) is 0 Å². The van der Waals surface area contributed by atoms with Gasteiger partial charge >= 0.3 is 0 Å². The monoisotopic (exact) mass is 402 g/mol. The second-order valence-electron chi connectivity index (χ2n) is 3.92. The van der Waals surface area contributed by atoms with Gasteiger partial charge in [-0.05, 0) is 28.0 Å². The van der Waals surface area contributed by atoms with Crippen LogP contribution in [0.3, 0.4) is 0 Å². The minimum Gasteiger partial charge on any atom is -0.369 e. The van der Waals surface area contributed by atoms with E-state index < -0.39 is 5.60 Å². The molecule has 0 radical (unpaired) electrons. The molecule has 0 aliphatic rings. The quantitative estimate of drug-likeness (QED) is 0.573. The minimum atomic E-state index is -1.44. The lowest BCUT2D eigenvalue weighted by Crippen LogP contribution is -2.25. The van der Waals surface area contributed by atoms with Gasteiger partial charge in [0.05, 0.1) is 0 Å². The van der Waals surface area contributed by atoms with E-state index in [9.17, 15) is 5.11 Å². The maximum Gasteiger partial charge on any atom is 0.179 e. The summed E-state index contributed by atoms with van der Waals surface area (Å²) in [5, 5.41) is 12.0. The van der Waals surface area contributed by atoms with Crippen molar-refractivity contribution in [1.29, 1.82) is 0 Å². The molecule has 2 rings (SSSR count). The molecular weight excluding hydrogens is 394 g/mol. The minimum absolute atomic E-state index is 0.471. The highest BCUT2D eigenvalue weighted by Gasteiger charge is 2.31. The molecule has 0 saturated heterocycles. The third kappa shape index (κ3) is 3.06. The summed E-state index contributed by atoms with van der Waals surface area (Å²) in [6, 6.07) is 14.0. The molecule has 4 heteroatoms. The lowest BCUT2D eigenvalue weighted by Gasteiger charge is -2.24. The van der Waals surface area contributed by atoms with Gasteiger partial charge in [0.25, 0.3) is 0 Å². The molecule has 0 heterocycles. The second-order valence-corrected chi connectivity index (χ2v) is 5.30. The van der Waals surface area contributed by atoms with Gasteiger partial charge in [-0.25, -0.2) is 0 Å². The molecule has 1 unspecified atom stereocenters. The van der Waals surface area contributed by atoms with Gasteiger partial charge in [0, 0.05) is 43.8 Å². The maximum atomic E-state index is 10.9. The predicted molar refractivity (Wildman–Crippen MR) is 87.7 cm³/mol. The normalized spacial score (nSPS) is 13.3. The zero-order valence-corrected chi connectivity index (χ0v) is 13.4. The van der Waals surface area contributed by atoms with Crippen LogP contribution in [0.5, 0.6) is 0 Å². The Balaban J connectivity index is 2.64. The maximum absolute atomic E-state index is 10.9. The lowest BCUT2D eigenvalue weighted by molar-refractivity contribution is 0.145. The molecule has 0 saturated carbocycles. The summed E-state index contributed by atoms with van der Waals surface area (Å²) in [5.74, 6) is 2.82. The first-order valence-corrected chi connectivity index (χ1v) is 7.27. The first-order valence-electron chi connectivity index (χ1n) is 5.44. The van der Waals surface area contributed by atoms with Gasteiger partial charge in [-0.15, -0.1) is 0 Å². The van der Waals surface area contributed by atoms with Crippen molar-refractivity contribution in [3.05, 3.63) is 69.7 Å². The Labute approximate surface area is 135 Å². The topological polar surface area (TPSA) is 20.2 Å². The number of hydrogen-bond donors (Lipinski definition) is 1. The molecule has 0 aliphatic carbocycles. The lowest BCUT2D eigenvalue weighted by atomic mass is 9.87. The number of benzene rings is 2. The molecule has 2 aromatic carbocycles. The number of hydrogen-bond acceptors (Lipinski definition) is 1. The van der Waals surface area contributed by atoms with Crippen LogP contribution in [0.2, 0.25) is 10.0 Å². The van der Waals surface area contributed by atoms with Crippen LogP contribution >= 0.6 is 45.8 Å². The third-order valence-corrected chi connectivity index (χ3v) is 3.61. The van der Waals surface area contributed by atoms with E-state index in [0.717, 1.165) is 0 Å². The van der Waals surface area contributed by atoms with E-state index in [2.05, 4.69) is 9.85 Å². The Hall–Kier alpha value is -0.730. The standard InChI is InChI=1S/C15H9Cl2IO/c16-12-7-5-11(6-8-12)15(19,9-10-18)13-3-1-2-4-14(13)17/h1-8,19H. The average Bonchev–Trinajstić information content (AvgIpc) is 2.40. The van der Waals surface area contributed by atoms with Crippen molar-refractivity contribution >= 4 is 45.8 Å². The summed E-state index contributed by atoms with van der Waals surface area (Å²) in [7, 11) is 0. The van der Waals surface area contributed by atoms with Crippen LogP contribution in [0, 0.1) is 9.85 Å². The van der Waals surface area contributed by atoms with E-state index in [-0.39, 0.29) is 0 Å². The van der Waals surface area contributed by atoms with E-state index in [4.69, 9.17) is 23.2 Å². The molecule has 96 valence electrons. The summed E-state index contributed by atoms with van der Waals surface area (Å²) >= 11 is 13.9. The zero-order valence-electron chi connectivity index (χ0n) is 9.70. The number of aliphatic hydroxyl groups is 1. The molecular formula is C15H9Cl2IO. The molecule has 19 heavy (non-hydrogen) atoms. The summed E-state index contributed by atoms with van der Waals surface area (Å²) in [6.45, 7) is 0. The molecule has 1 N–H and O–H groups in total. The number of rotatable bonds is 2. The van der Waals surface area contributed by atoms with E-state index in [1.54, 1.807) is 36.4 Å². The number of halogens is 3. The van der Waals surface area contributed by atoms with Crippen molar-refractivity contribution in [3.63, 3.8) is 0 Å². The van der Waals surface area contributed by atoms with Crippen LogP contribution in [-0.4, -0.2) is 5.11 Å². The largest absolute Gasteiger partial charge is 0.369 e. The van der Waals surface area contributed by atoms with E-state index >= 15 is 0 Å². The summed E-state index contributed by atoms with van der Waals surface area (Å²) in [5.41, 5.74) is -0.248. The fourth-order valence-corrected chi connectivity index (χ4v) is 2.60. The molecule has 2 aromatic rings. The molecule has 0 spiro atoms. The third-order valence-electron chi connectivity index (χ3n) is 2.75. The summed E-state index contributed by atoms with van der Waals surface area (Å²) < 4.78 is 2.73. The Morgan fingerprint density at radius 1 is 1.00 bits per heavy atom. The highest BCUT2D eigenvalue weighted by Crippen LogP contribution is 2.34. The van der Waals surface area contributed by atoms with Crippen molar-refractivity contribution < 1.29 is 5.11 Å². The Morgan fingerprint density at radius 2 is 1.63 bits per heavy atom.